The van der Waals surface area contributed by atoms with Crippen LogP contribution in [-0.4, -0.2) is 51.2 Å². The molecule has 2 aromatic heterocycles. The predicted molar refractivity (Wildman–Crippen MR) is 119 cm³/mol. The molecule has 3 heterocycles. The molecular formula is C23H22FN7O. The summed E-state index contributed by atoms with van der Waals surface area (Å²) in [6.45, 7) is 1.76. The van der Waals surface area contributed by atoms with Crippen LogP contribution in [0.15, 0.2) is 42.5 Å². The summed E-state index contributed by atoms with van der Waals surface area (Å²) in [5.74, 6) is 0.898. The summed E-state index contributed by atoms with van der Waals surface area (Å²) in [7, 11) is 0. The van der Waals surface area contributed by atoms with Gasteiger partial charge in [0.05, 0.1) is 5.52 Å². The number of nitrogens with one attached hydrogen (secondary N) is 3. The van der Waals surface area contributed by atoms with Crippen molar-refractivity contribution < 1.29 is 9.18 Å². The number of rotatable bonds is 4. The van der Waals surface area contributed by atoms with E-state index in [0.29, 0.717) is 48.5 Å². The van der Waals surface area contributed by atoms with E-state index in [0.717, 1.165) is 23.7 Å². The van der Waals surface area contributed by atoms with Crippen molar-refractivity contribution in [3.05, 3.63) is 53.8 Å². The fourth-order valence-corrected chi connectivity index (χ4v) is 4.26. The molecule has 2 aromatic carbocycles. The van der Waals surface area contributed by atoms with E-state index in [2.05, 4.69) is 27.1 Å². The molecule has 0 bridgehead atoms. The molecule has 0 radical (unpaired) electrons. The molecular weight excluding hydrogens is 409 g/mol. The third-order valence-electron chi connectivity index (χ3n) is 6.00. The van der Waals surface area contributed by atoms with Gasteiger partial charge in [-0.3, -0.25) is 4.79 Å². The minimum absolute atomic E-state index is 0.0951. The molecule has 1 amide bonds. The number of amides is 1. The van der Waals surface area contributed by atoms with Gasteiger partial charge in [0.1, 0.15) is 11.9 Å². The van der Waals surface area contributed by atoms with Gasteiger partial charge in [-0.2, -0.15) is 4.52 Å². The number of hydrogen-bond donors (Lipinski definition) is 3. The maximum absolute atomic E-state index is 13.9. The normalized spacial score (nSPS) is 19.2. The monoisotopic (exact) mass is 431 g/mol. The molecule has 4 aromatic rings. The number of nitrogens with zero attached hydrogens (tertiary/aromatic N) is 4. The average Bonchev–Trinajstić information content (AvgIpc) is 3.57. The molecule has 1 saturated heterocycles. The lowest BCUT2D eigenvalue weighted by Gasteiger charge is -2.17. The standard InChI is InChI=1S/C23H22FN7O/c24-15-4-1-3-14(11-15)20-29-21-19-16(13-7-8-13)5-2-6-17(19)27-23(31(21)30-20)28-18-12-25-9-10-26-22(18)32/h1-6,11,13,18,25H,7-10,12H2,(H,26,32)(H,27,28)/t18-/m0/s1. The Balaban J connectivity index is 1.55. The van der Waals surface area contributed by atoms with Gasteiger partial charge in [0.15, 0.2) is 11.5 Å². The zero-order valence-electron chi connectivity index (χ0n) is 17.3. The van der Waals surface area contributed by atoms with Crippen LogP contribution >= 0.6 is 0 Å². The minimum Gasteiger partial charge on any atom is -0.353 e. The predicted octanol–water partition coefficient (Wildman–Crippen LogP) is 2.46. The van der Waals surface area contributed by atoms with E-state index in [4.69, 9.17) is 9.97 Å². The summed E-state index contributed by atoms with van der Waals surface area (Å²) in [5, 5.41) is 15.0. The zero-order valence-corrected chi connectivity index (χ0v) is 17.3. The Morgan fingerprint density at radius 2 is 1.97 bits per heavy atom. The number of carbonyl (C=O) groups is 1. The van der Waals surface area contributed by atoms with Gasteiger partial charge in [-0.15, -0.1) is 5.10 Å². The summed E-state index contributed by atoms with van der Waals surface area (Å²) in [5.41, 5.74) is 3.25. The number of benzene rings is 2. The van der Waals surface area contributed by atoms with Crippen molar-refractivity contribution in [2.45, 2.75) is 24.8 Å². The van der Waals surface area contributed by atoms with Crippen LogP contribution in [-0.2, 0) is 4.79 Å². The Morgan fingerprint density at radius 1 is 1.09 bits per heavy atom. The lowest BCUT2D eigenvalue weighted by Crippen LogP contribution is -2.42. The van der Waals surface area contributed by atoms with Gasteiger partial charge in [0.2, 0.25) is 11.9 Å². The lowest BCUT2D eigenvalue weighted by molar-refractivity contribution is -0.121. The van der Waals surface area contributed by atoms with Gasteiger partial charge in [0, 0.05) is 30.6 Å². The Hall–Kier alpha value is -3.59. The quantitative estimate of drug-likeness (QED) is 0.459. The maximum atomic E-state index is 13.9. The Bertz CT molecular complexity index is 1350. The second kappa shape index (κ2) is 7.52. The number of halogens is 1. The van der Waals surface area contributed by atoms with Gasteiger partial charge in [-0.25, -0.2) is 14.4 Å². The number of anilines is 1. The first-order valence-corrected chi connectivity index (χ1v) is 10.9. The molecule has 2 fully saturated rings. The lowest BCUT2D eigenvalue weighted by atomic mass is 10.1. The molecule has 1 saturated carbocycles. The maximum Gasteiger partial charge on any atom is 0.243 e. The third-order valence-corrected chi connectivity index (χ3v) is 6.00. The highest BCUT2D eigenvalue weighted by molar-refractivity contribution is 5.96. The first kappa shape index (κ1) is 19.1. The highest BCUT2D eigenvalue weighted by Gasteiger charge is 2.29. The fourth-order valence-electron chi connectivity index (χ4n) is 4.26. The molecule has 9 heteroatoms. The van der Waals surface area contributed by atoms with Crippen molar-refractivity contribution in [1.82, 2.24) is 30.2 Å². The van der Waals surface area contributed by atoms with Crippen molar-refractivity contribution >= 4 is 28.4 Å². The van der Waals surface area contributed by atoms with E-state index < -0.39 is 6.04 Å². The van der Waals surface area contributed by atoms with E-state index in [9.17, 15) is 9.18 Å². The highest BCUT2D eigenvalue weighted by Crippen LogP contribution is 2.44. The summed E-state index contributed by atoms with van der Waals surface area (Å²) in [4.78, 5) is 22.1. The highest BCUT2D eigenvalue weighted by atomic mass is 19.1. The molecule has 0 spiro atoms. The summed E-state index contributed by atoms with van der Waals surface area (Å²) >= 11 is 0. The van der Waals surface area contributed by atoms with Crippen molar-refractivity contribution in [3.8, 4) is 11.4 Å². The number of fused-ring (bicyclic) bond motifs is 3. The van der Waals surface area contributed by atoms with Crippen LogP contribution in [0.5, 0.6) is 0 Å². The van der Waals surface area contributed by atoms with E-state index >= 15 is 0 Å². The number of carbonyl (C=O) groups excluding carboxylic acids is 1. The van der Waals surface area contributed by atoms with Crippen molar-refractivity contribution in [1.29, 1.82) is 0 Å². The SMILES string of the molecule is O=C1NCCNC[C@@H]1Nc1nc2cccc(C3CC3)c2c2nc(-c3cccc(F)c3)nn12. The van der Waals surface area contributed by atoms with Gasteiger partial charge >= 0.3 is 0 Å². The Morgan fingerprint density at radius 3 is 2.81 bits per heavy atom. The average molecular weight is 431 g/mol. The van der Waals surface area contributed by atoms with Crippen molar-refractivity contribution in [2.75, 3.05) is 25.0 Å². The molecule has 0 unspecified atom stereocenters. The third kappa shape index (κ3) is 3.34. The van der Waals surface area contributed by atoms with Crippen LogP contribution in [0.1, 0.15) is 24.3 Å². The summed E-state index contributed by atoms with van der Waals surface area (Å²) in [6, 6.07) is 11.8. The zero-order chi connectivity index (χ0) is 21.7. The van der Waals surface area contributed by atoms with Crippen LogP contribution < -0.4 is 16.0 Å². The first-order valence-electron chi connectivity index (χ1n) is 10.9. The van der Waals surface area contributed by atoms with Gasteiger partial charge < -0.3 is 16.0 Å². The Kier molecular flexibility index (Phi) is 4.50. The minimum atomic E-state index is -0.501. The summed E-state index contributed by atoms with van der Waals surface area (Å²) < 4.78 is 15.5. The van der Waals surface area contributed by atoms with Crippen LogP contribution in [0.4, 0.5) is 10.3 Å². The molecule has 6 rings (SSSR count). The largest absolute Gasteiger partial charge is 0.353 e. The number of hydrogen-bond acceptors (Lipinski definition) is 6. The second-order valence-electron chi connectivity index (χ2n) is 8.32. The van der Waals surface area contributed by atoms with E-state index in [1.807, 2.05) is 12.1 Å². The van der Waals surface area contributed by atoms with Gasteiger partial charge in [-0.1, -0.05) is 24.3 Å². The van der Waals surface area contributed by atoms with Gasteiger partial charge in [0.25, 0.3) is 0 Å². The molecule has 2 aliphatic rings. The molecule has 162 valence electrons. The Labute approximate surface area is 183 Å². The first-order chi connectivity index (χ1) is 15.7. The van der Waals surface area contributed by atoms with Crippen molar-refractivity contribution in [3.63, 3.8) is 0 Å². The van der Waals surface area contributed by atoms with Crippen LogP contribution in [0.3, 0.4) is 0 Å². The van der Waals surface area contributed by atoms with E-state index in [1.165, 1.54) is 17.7 Å². The molecule has 3 N–H and O–H groups in total. The molecule has 32 heavy (non-hydrogen) atoms. The number of aromatic nitrogens is 4. The fraction of sp³-hybridized carbons (Fsp3) is 0.304. The van der Waals surface area contributed by atoms with E-state index in [-0.39, 0.29) is 11.7 Å². The second-order valence-corrected chi connectivity index (χ2v) is 8.32. The van der Waals surface area contributed by atoms with Crippen LogP contribution in [0.2, 0.25) is 0 Å². The molecule has 1 atom stereocenters. The molecule has 8 nitrogen and oxygen atoms in total. The molecule has 1 aliphatic heterocycles. The smallest absolute Gasteiger partial charge is 0.243 e. The van der Waals surface area contributed by atoms with Crippen LogP contribution in [0.25, 0.3) is 27.9 Å². The topological polar surface area (TPSA) is 96.2 Å². The molecule has 1 aliphatic carbocycles. The van der Waals surface area contributed by atoms with Gasteiger partial charge in [-0.05, 0) is 42.5 Å². The van der Waals surface area contributed by atoms with Crippen LogP contribution in [0, 0.1) is 5.82 Å². The van der Waals surface area contributed by atoms with Crippen molar-refractivity contribution in [2.24, 2.45) is 0 Å². The summed E-state index contributed by atoms with van der Waals surface area (Å²) in [6.07, 6.45) is 2.29. The van der Waals surface area contributed by atoms with E-state index in [1.54, 1.807) is 16.6 Å².